The maximum absolute atomic E-state index is 12.2. The Hall–Kier alpha value is -0.370. The first-order valence-electron chi connectivity index (χ1n) is 10.4. The van der Waals surface area contributed by atoms with Crippen LogP contribution in [0.4, 0.5) is 0 Å². The number of Topliss-reactive ketones (excluding diaryl/α,β-unsaturated/α-hetero) is 1. The molecule has 1 N–H and O–H groups in total. The van der Waals surface area contributed by atoms with Gasteiger partial charge in [0.1, 0.15) is 5.78 Å². The van der Waals surface area contributed by atoms with Gasteiger partial charge in [-0.1, -0.05) is 13.8 Å². The average Bonchev–Trinajstić information content (AvgIpc) is 2.85. The fourth-order valence-electron chi connectivity index (χ4n) is 8.10. The summed E-state index contributed by atoms with van der Waals surface area (Å²) in [6.45, 7) is 8.85. The van der Waals surface area contributed by atoms with Gasteiger partial charge in [-0.2, -0.15) is 0 Å². The van der Waals surface area contributed by atoms with Crippen molar-refractivity contribution in [3.05, 3.63) is 0 Å². The van der Waals surface area contributed by atoms with Gasteiger partial charge in [0.25, 0.3) is 0 Å². The zero-order valence-corrected chi connectivity index (χ0v) is 16.1. The maximum Gasteiger partial charge on any atom is 0.133 e. The molecular formula is C22H36O2. The molecule has 4 aliphatic rings. The molecular weight excluding hydrogens is 296 g/mol. The molecule has 0 aromatic rings. The van der Waals surface area contributed by atoms with Crippen molar-refractivity contribution in [2.45, 2.75) is 91.1 Å². The predicted molar refractivity (Wildman–Crippen MR) is 96.5 cm³/mol. The van der Waals surface area contributed by atoms with Crippen molar-refractivity contribution < 1.29 is 9.90 Å². The Morgan fingerprint density at radius 2 is 1.58 bits per heavy atom. The highest BCUT2D eigenvalue weighted by atomic mass is 16.3. The summed E-state index contributed by atoms with van der Waals surface area (Å²) >= 11 is 0. The van der Waals surface area contributed by atoms with Crippen LogP contribution in [0, 0.1) is 40.4 Å². The normalized spacial score (nSPS) is 57.0. The standard InChI is InChI=1S/C22H36O2/c1-14(23)17-7-8-18-16-6-5-15-13-20(2,24)11-12-21(15,3)19(16)9-10-22(17,18)4/h15-19,24H,5-13H2,1-4H3/t15-,16?,17-,18?,19?,20-,21+,22-/m1/s1. The Bertz CT molecular complexity index is 538. The van der Waals surface area contributed by atoms with Gasteiger partial charge in [0, 0.05) is 5.92 Å². The van der Waals surface area contributed by atoms with Gasteiger partial charge in [0.05, 0.1) is 5.60 Å². The monoisotopic (exact) mass is 332 g/mol. The molecule has 8 atom stereocenters. The van der Waals surface area contributed by atoms with Gasteiger partial charge in [-0.15, -0.1) is 0 Å². The number of rotatable bonds is 1. The molecule has 3 unspecified atom stereocenters. The molecule has 0 aliphatic heterocycles. The number of carbonyl (C=O) groups excluding carboxylic acids is 1. The third-order valence-corrected chi connectivity index (χ3v) is 9.44. The lowest BCUT2D eigenvalue weighted by Crippen LogP contribution is -2.55. The van der Waals surface area contributed by atoms with E-state index in [1.165, 1.54) is 38.5 Å². The van der Waals surface area contributed by atoms with E-state index in [2.05, 4.69) is 13.8 Å². The molecule has 0 spiro atoms. The third kappa shape index (κ3) is 2.27. The highest BCUT2D eigenvalue weighted by Gasteiger charge is 2.61. The van der Waals surface area contributed by atoms with Gasteiger partial charge >= 0.3 is 0 Å². The molecule has 4 aliphatic carbocycles. The number of carbonyl (C=O) groups is 1. The summed E-state index contributed by atoms with van der Waals surface area (Å²) < 4.78 is 0. The van der Waals surface area contributed by atoms with Gasteiger partial charge in [0.15, 0.2) is 0 Å². The molecule has 0 bridgehead atoms. The fraction of sp³-hybridized carbons (Fsp3) is 0.955. The summed E-state index contributed by atoms with van der Waals surface area (Å²) in [6.07, 6.45) is 10.8. The minimum Gasteiger partial charge on any atom is -0.390 e. The molecule has 24 heavy (non-hydrogen) atoms. The fourth-order valence-corrected chi connectivity index (χ4v) is 8.10. The van der Waals surface area contributed by atoms with Crippen molar-refractivity contribution in [1.82, 2.24) is 0 Å². The number of hydrogen-bond acceptors (Lipinski definition) is 2. The molecule has 0 radical (unpaired) electrons. The van der Waals surface area contributed by atoms with Gasteiger partial charge in [-0.25, -0.2) is 0 Å². The number of aliphatic hydroxyl groups is 1. The zero-order chi connectivity index (χ0) is 17.3. The van der Waals surface area contributed by atoms with E-state index >= 15 is 0 Å². The summed E-state index contributed by atoms with van der Waals surface area (Å²) in [5.41, 5.74) is 0.268. The highest BCUT2D eigenvalue weighted by molar-refractivity contribution is 5.79. The first-order valence-corrected chi connectivity index (χ1v) is 10.4. The van der Waals surface area contributed by atoms with E-state index in [-0.39, 0.29) is 5.41 Å². The molecule has 2 nitrogen and oxygen atoms in total. The Balaban J connectivity index is 1.61. The second-order valence-corrected chi connectivity index (χ2v) is 10.6. The lowest BCUT2D eigenvalue weighted by atomic mass is 9.44. The minimum absolute atomic E-state index is 0.274. The molecule has 0 amide bonds. The maximum atomic E-state index is 12.2. The lowest BCUT2D eigenvalue weighted by molar-refractivity contribution is -0.150. The zero-order valence-electron chi connectivity index (χ0n) is 16.1. The predicted octanol–water partition coefficient (Wildman–Crippen LogP) is 4.99. The number of hydrogen-bond donors (Lipinski definition) is 1. The van der Waals surface area contributed by atoms with Crippen LogP contribution >= 0.6 is 0 Å². The van der Waals surface area contributed by atoms with Crippen molar-refractivity contribution >= 4 is 5.78 Å². The summed E-state index contributed by atoms with van der Waals surface area (Å²) in [6, 6.07) is 0. The molecule has 0 aromatic heterocycles. The Morgan fingerprint density at radius 1 is 0.875 bits per heavy atom. The Kier molecular flexibility index (Phi) is 3.78. The largest absolute Gasteiger partial charge is 0.390 e. The first-order chi connectivity index (χ1) is 11.2. The third-order valence-electron chi connectivity index (χ3n) is 9.44. The Morgan fingerprint density at radius 3 is 2.29 bits per heavy atom. The number of fused-ring (bicyclic) bond motifs is 5. The second kappa shape index (κ2) is 5.32. The van der Waals surface area contributed by atoms with E-state index in [1.807, 2.05) is 13.8 Å². The quantitative estimate of drug-likeness (QED) is 0.735. The Labute approximate surface area is 147 Å². The smallest absolute Gasteiger partial charge is 0.133 e. The molecule has 136 valence electrons. The molecule has 0 aromatic carbocycles. The summed E-state index contributed by atoms with van der Waals surface area (Å²) in [5, 5.41) is 10.6. The first kappa shape index (κ1) is 17.1. The van der Waals surface area contributed by atoms with Crippen molar-refractivity contribution in [3.8, 4) is 0 Å². The van der Waals surface area contributed by atoms with E-state index in [0.29, 0.717) is 23.0 Å². The summed E-state index contributed by atoms with van der Waals surface area (Å²) in [5.74, 6) is 3.89. The second-order valence-electron chi connectivity index (χ2n) is 10.6. The minimum atomic E-state index is -0.437. The summed E-state index contributed by atoms with van der Waals surface area (Å²) in [4.78, 5) is 12.2. The van der Waals surface area contributed by atoms with Crippen molar-refractivity contribution in [2.75, 3.05) is 0 Å². The van der Waals surface area contributed by atoms with Crippen LogP contribution in [0.25, 0.3) is 0 Å². The molecule has 0 heterocycles. The van der Waals surface area contributed by atoms with Crippen LogP contribution in [0.3, 0.4) is 0 Å². The van der Waals surface area contributed by atoms with Crippen molar-refractivity contribution in [2.24, 2.45) is 40.4 Å². The van der Waals surface area contributed by atoms with E-state index < -0.39 is 5.60 Å². The van der Waals surface area contributed by atoms with E-state index in [0.717, 1.165) is 37.0 Å². The molecule has 0 saturated heterocycles. The van der Waals surface area contributed by atoms with Crippen molar-refractivity contribution in [3.63, 3.8) is 0 Å². The molecule has 4 saturated carbocycles. The number of ketones is 1. The molecule has 2 heteroatoms. The van der Waals surface area contributed by atoms with Crippen LogP contribution in [-0.4, -0.2) is 16.5 Å². The average molecular weight is 333 g/mol. The highest BCUT2D eigenvalue weighted by Crippen LogP contribution is 2.68. The van der Waals surface area contributed by atoms with Gasteiger partial charge < -0.3 is 5.11 Å². The van der Waals surface area contributed by atoms with Crippen LogP contribution in [0.5, 0.6) is 0 Å². The van der Waals surface area contributed by atoms with Gasteiger partial charge in [0.2, 0.25) is 0 Å². The molecule has 4 rings (SSSR count). The lowest BCUT2D eigenvalue weighted by Gasteiger charge is -2.61. The van der Waals surface area contributed by atoms with Gasteiger partial charge in [-0.05, 0) is 106 Å². The molecule has 4 fully saturated rings. The van der Waals surface area contributed by atoms with Crippen LogP contribution in [0.2, 0.25) is 0 Å². The van der Waals surface area contributed by atoms with E-state index in [9.17, 15) is 9.90 Å². The van der Waals surface area contributed by atoms with E-state index in [4.69, 9.17) is 0 Å². The SMILES string of the molecule is CC(=O)[C@H]1CCC2C3CC[C@@H]4C[C@](C)(O)CC[C@]4(C)C3CC[C@@]21C. The topological polar surface area (TPSA) is 37.3 Å². The van der Waals surface area contributed by atoms with Crippen LogP contribution in [-0.2, 0) is 4.79 Å². The van der Waals surface area contributed by atoms with Crippen LogP contribution in [0.1, 0.15) is 85.5 Å². The van der Waals surface area contributed by atoms with E-state index in [1.54, 1.807) is 0 Å². The van der Waals surface area contributed by atoms with Crippen LogP contribution < -0.4 is 0 Å². The summed E-state index contributed by atoms with van der Waals surface area (Å²) in [7, 11) is 0. The van der Waals surface area contributed by atoms with Crippen LogP contribution in [0.15, 0.2) is 0 Å². The van der Waals surface area contributed by atoms with Gasteiger partial charge in [-0.3, -0.25) is 4.79 Å². The van der Waals surface area contributed by atoms with Crippen molar-refractivity contribution in [1.29, 1.82) is 0 Å².